The fourth-order valence-corrected chi connectivity index (χ4v) is 5.06. The summed E-state index contributed by atoms with van der Waals surface area (Å²) in [6.45, 7) is 2.75. The highest BCUT2D eigenvalue weighted by Gasteiger charge is 2.27. The summed E-state index contributed by atoms with van der Waals surface area (Å²) in [6, 6.07) is 8.64. The molecule has 1 saturated heterocycles. The van der Waals surface area contributed by atoms with Crippen molar-refractivity contribution in [2.24, 2.45) is 0 Å². The third-order valence-electron chi connectivity index (χ3n) is 4.42. The maximum absolute atomic E-state index is 12.5. The Hall–Kier alpha value is -2.50. The highest BCUT2D eigenvalue weighted by Crippen LogP contribution is 2.26. The molecule has 0 spiro atoms. The first-order chi connectivity index (χ1) is 13.8. The first-order valence-electron chi connectivity index (χ1n) is 8.95. The molecule has 2 aromatic rings. The topological polar surface area (TPSA) is 123 Å². The lowest BCUT2D eigenvalue weighted by molar-refractivity contribution is -0.384. The molecule has 0 radical (unpaired) electrons. The van der Waals surface area contributed by atoms with Crippen LogP contribution in [-0.2, 0) is 14.8 Å². The van der Waals surface area contributed by atoms with Gasteiger partial charge in [0.05, 0.1) is 15.2 Å². The van der Waals surface area contributed by atoms with E-state index in [-0.39, 0.29) is 16.5 Å². The van der Waals surface area contributed by atoms with Crippen LogP contribution in [0.25, 0.3) is 0 Å². The summed E-state index contributed by atoms with van der Waals surface area (Å²) >= 11 is 1.19. The number of thioether (sulfide) groups is 1. The van der Waals surface area contributed by atoms with Crippen LogP contribution in [0, 0.1) is 10.1 Å². The molecule has 1 atom stereocenters. The van der Waals surface area contributed by atoms with Gasteiger partial charge in [0.1, 0.15) is 4.90 Å². The number of amides is 1. The normalized spacial score (nSPS) is 15.8. The van der Waals surface area contributed by atoms with Crippen molar-refractivity contribution in [2.45, 2.75) is 34.9 Å². The van der Waals surface area contributed by atoms with Gasteiger partial charge in [-0.05, 0) is 44.0 Å². The van der Waals surface area contributed by atoms with Gasteiger partial charge in [-0.25, -0.2) is 13.4 Å². The van der Waals surface area contributed by atoms with Crippen LogP contribution in [0.2, 0.25) is 0 Å². The minimum atomic E-state index is -3.52. The maximum atomic E-state index is 12.5. The molecule has 0 saturated carbocycles. The first kappa shape index (κ1) is 21.2. The van der Waals surface area contributed by atoms with Crippen molar-refractivity contribution in [3.8, 4) is 0 Å². The van der Waals surface area contributed by atoms with Crippen LogP contribution in [0.3, 0.4) is 0 Å². The standard InChI is InChI=1S/C18H20N4O5S2/c1-13(18(23)20-14-4-6-15(7-5-14)22(24)25)28-17-9-8-16(12-19-17)29(26,27)21-10-2-3-11-21/h4-9,12-13H,2-3,10-11H2,1H3,(H,20,23). The molecular weight excluding hydrogens is 416 g/mol. The minimum absolute atomic E-state index is 0.0569. The molecule has 11 heteroatoms. The molecule has 3 rings (SSSR count). The number of carbonyl (C=O) groups excluding carboxylic acids is 1. The van der Waals surface area contributed by atoms with Crippen molar-refractivity contribution in [3.05, 3.63) is 52.7 Å². The van der Waals surface area contributed by atoms with Gasteiger partial charge in [-0.2, -0.15) is 4.31 Å². The van der Waals surface area contributed by atoms with Crippen molar-refractivity contribution in [1.82, 2.24) is 9.29 Å². The van der Waals surface area contributed by atoms with Gasteiger partial charge in [-0.1, -0.05) is 11.8 Å². The molecule has 1 N–H and O–H groups in total. The number of benzene rings is 1. The van der Waals surface area contributed by atoms with E-state index in [4.69, 9.17) is 0 Å². The van der Waals surface area contributed by atoms with Crippen LogP contribution in [-0.4, -0.2) is 46.9 Å². The number of aromatic nitrogens is 1. The van der Waals surface area contributed by atoms with Gasteiger partial charge in [0.25, 0.3) is 5.69 Å². The number of anilines is 1. The third-order valence-corrected chi connectivity index (χ3v) is 7.36. The van der Waals surface area contributed by atoms with Crippen LogP contribution < -0.4 is 5.32 Å². The smallest absolute Gasteiger partial charge is 0.269 e. The van der Waals surface area contributed by atoms with Gasteiger partial charge < -0.3 is 5.32 Å². The van der Waals surface area contributed by atoms with Gasteiger partial charge in [0.15, 0.2) is 0 Å². The van der Waals surface area contributed by atoms with Crippen molar-refractivity contribution in [3.63, 3.8) is 0 Å². The summed E-state index contributed by atoms with van der Waals surface area (Å²) in [5.74, 6) is -0.292. The van der Waals surface area contributed by atoms with Crippen molar-refractivity contribution in [2.75, 3.05) is 18.4 Å². The van der Waals surface area contributed by atoms with Crippen LogP contribution in [0.5, 0.6) is 0 Å². The summed E-state index contributed by atoms with van der Waals surface area (Å²) in [5, 5.41) is 13.4. The second kappa shape index (κ2) is 8.89. The van der Waals surface area contributed by atoms with Crippen LogP contribution in [0.1, 0.15) is 19.8 Å². The SMILES string of the molecule is CC(Sc1ccc(S(=O)(=O)N2CCCC2)cn1)C(=O)Nc1ccc([N+](=O)[O-])cc1. The molecule has 154 valence electrons. The number of hydrogen-bond donors (Lipinski definition) is 1. The van der Waals surface area contributed by atoms with E-state index in [1.54, 1.807) is 13.0 Å². The van der Waals surface area contributed by atoms with E-state index in [0.29, 0.717) is 23.8 Å². The van der Waals surface area contributed by atoms with Crippen molar-refractivity contribution < 1.29 is 18.1 Å². The molecule has 1 amide bonds. The predicted molar refractivity (Wildman–Crippen MR) is 109 cm³/mol. The lowest BCUT2D eigenvalue weighted by atomic mass is 10.3. The molecule has 9 nitrogen and oxygen atoms in total. The Bertz CT molecular complexity index is 988. The van der Waals surface area contributed by atoms with E-state index in [2.05, 4.69) is 10.3 Å². The van der Waals surface area contributed by atoms with Gasteiger partial charge in [-0.3, -0.25) is 14.9 Å². The average Bonchev–Trinajstić information content (AvgIpc) is 3.24. The van der Waals surface area contributed by atoms with E-state index in [9.17, 15) is 23.3 Å². The molecule has 1 aliphatic heterocycles. The van der Waals surface area contributed by atoms with Gasteiger partial charge in [0.2, 0.25) is 15.9 Å². The molecule has 1 unspecified atom stereocenters. The minimum Gasteiger partial charge on any atom is -0.325 e. The fraction of sp³-hybridized carbons (Fsp3) is 0.333. The fourth-order valence-electron chi connectivity index (χ4n) is 2.81. The third kappa shape index (κ3) is 5.11. The Kier molecular flexibility index (Phi) is 6.50. The molecule has 0 aliphatic carbocycles. The highest BCUT2D eigenvalue weighted by molar-refractivity contribution is 8.00. The Labute approximate surface area is 172 Å². The van der Waals surface area contributed by atoms with Gasteiger partial charge in [-0.15, -0.1) is 0 Å². The number of sulfonamides is 1. The molecule has 0 bridgehead atoms. The average molecular weight is 437 g/mol. The van der Waals surface area contributed by atoms with E-state index in [1.165, 1.54) is 52.6 Å². The largest absolute Gasteiger partial charge is 0.325 e. The number of nitrogens with zero attached hydrogens (tertiary/aromatic N) is 3. The van der Waals surface area contributed by atoms with Crippen LogP contribution >= 0.6 is 11.8 Å². The predicted octanol–water partition coefficient (Wildman–Crippen LogP) is 2.89. The van der Waals surface area contributed by atoms with Gasteiger partial charge >= 0.3 is 0 Å². The summed E-state index contributed by atoms with van der Waals surface area (Å²) < 4.78 is 26.5. The summed E-state index contributed by atoms with van der Waals surface area (Å²) in [7, 11) is -3.52. The lowest BCUT2D eigenvalue weighted by Gasteiger charge is -2.15. The van der Waals surface area contributed by atoms with Crippen LogP contribution in [0.15, 0.2) is 52.5 Å². The number of carbonyl (C=O) groups is 1. The number of pyridine rings is 1. The Morgan fingerprint density at radius 2 is 1.86 bits per heavy atom. The lowest BCUT2D eigenvalue weighted by Crippen LogP contribution is -2.28. The Morgan fingerprint density at radius 1 is 1.21 bits per heavy atom. The molecule has 1 aromatic heterocycles. The monoisotopic (exact) mass is 436 g/mol. The summed E-state index contributed by atoms with van der Waals surface area (Å²) in [4.78, 5) is 26.8. The van der Waals surface area contributed by atoms with E-state index in [0.717, 1.165) is 12.8 Å². The highest BCUT2D eigenvalue weighted by atomic mass is 32.2. The summed E-state index contributed by atoms with van der Waals surface area (Å²) in [6.07, 6.45) is 3.04. The molecule has 1 aliphatic rings. The van der Waals surface area contributed by atoms with Crippen molar-refractivity contribution in [1.29, 1.82) is 0 Å². The van der Waals surface area contributed by atoms with E-state index >= 15 is 0 Å². The second-order valence-electron chi connectivity index (χ2n) is 6.50. The number of non-ortho nitro benzene ring substituents is 1. The van der Waals surface area contributed by atoms with Gasteiger partial charge in [0, 0.05) is 37.1 Å². The summed E-state index contributed by atoms with van der Waals surface area (Å²) in [5.41, 5.74) is 0.395. The zero-order valence-electron chi connectivity index (χ0n) is 15.6. The number of rotatable bonds is 7. The molecule has 1 aromatic carbocycles. The van der Waals surface area contributed by atoms with E-state index < -0.39 is 20.2 Å². The zero-order valence-corrected chi connectivity index (χ0v) is 17.3. The number of hydrogen-bond acceptors (Lipinski definition) is 7. The number of nitrogens with one attached hydrogen (secondary N) is 1. The Morgan fingerprint density at radius 3 is 2.41 bits per heavy atom. The molecule has 29 heavy (non-hydrogen) atoms. The van der Waals surface area contributed by atoms with Crippen molar-refractivity contribution >= 4 is 39.1 Å². The molecule has 1 fully saturated rings. The number of nitro groups is 1. The van der Waals surface area contributed by atoms with Crippen LogP contribution in [0.4, 0.5) is 11.4 Å². The van der Waals surface area contributed by atoms with E-state index in [1.807, 2.05) is 0 Å². The molecule has 2 heterocycles. The second-order valence-corrected chi connectivity index (χ2v) is 9.80. The number of nitro benzene ring substituents is 1. The first-order valence-corrected chi connectivity index (χ1v) is 11.3. The Balaban J connectivity index is 1.60. The zero-order chi connectivity index (χ0) is 21.0. The maximum Gasteiger partial charge on any atom is 0.269 e. The molecular formula is C18H20N4O5S2. The quantitative estimate of drug-likeness (QED) is 0.402.